The van der Waals surface area contributed by atoms with Gasteiger partial charge in [0.05, 0.1) is 20.4 Å². The molecule has 3 rings (SSSR count). The maximum atomic E-state index is 12.2. The summed E-state index contributed by atoms with van der Waals surface area (Å²) in [6, 6.07) is 15.5. The predicted octanol–water partition coefficient (Wildman–Crippen LogP) is 2.96. The van der Waals surface area contributed by atoms with E-state index < -0.39 is 0 Å². The summed E-state index contributed by atoms with van der Waals surface area (Å²) in [4.78, 5) is 12.2. The minimum absolute atomic E-state index is 0.00214. The van der Waals surface area contributed by atoms with E-state index in [1.807, 2.05) is 30.3 Å². The van der Waals surface area contributed by atoms with Gasteiger partial charge in [-0.25, -0.2) is 5.43 Å². The van der Waals surface area contributed by atoms with Gasteiger partial charge in [0, 0.05) is 17.5 Å². The van der Waals surface area contributed by atoms with Crippen LogP contribution >= 0.6 is 0 Å². The lowest BCUT2D eigenvalue weighted by Gasteiger charge is -2.06. The number of rotatable bonds is 6. The van der Waals surface area contributed by atoms with Crippen molar-refractivity contribution < 1.29 is 14.3 Å². The number of nitrogens with one attached hydrogen (secondary N) is 1. The third-order valence-corrected chi connectivity index (χ3v) is 4.17. The Morgan fingerprint density at radius 2 is 1.96 bits per heavy atom. The van der Waals surface area contributed by atoms with Crippen molar-refractivity contribution in [1.29, 1.82) is 0 Å². The summed E-state index contributed by atoms with van der Waals surface area (Å²) in [6.07, 6.45) is 2.45. The first-order chi connectivity index (χ1) is 11.7. The summed E-state index contributed by atoms with van der Waals surface area (Å²) in [5.74, 6) is 1.60. The highest BCUT2D eigenvalue weighted by Gasteiger charge is 2.43. The van der Waals surface area contributed by atoms with E-state index in [0.29, 0.717) is 17.4 Å². The Bertz CT molecular complexity index is 744. The lowest BCUT2D eigenvalue weighted by molar-refractivity contribution is -0.122. The topological polar surface area (TPSA) is 59.9 Å². The van der Waals surface area contributed by atoms with Crippen molar-refractivity contribution in [2.45, 2.75) is 12.3 Å². The first-order valence-electron chi connectivity index (χ1n) is 7.83. The minimum Gasteiger partial charge on any atom is -0.497 e. The van der Waals surface area contributed by atoms with Gasteiger partial charge in [0.2, 0.25) is 5.91 Å². The molecule has 2 unspecified atom stereocenters. The van der Waals surface area contributed by atoms with Crippen LogP contribution < -0.4 is 14.9 Å². The lowest BCUT2D eigenvalue weighted by atomic mass is 10.1. The third kappa shape index (κ3) is 3.56. The first-order valence-corrected chi connectivity index (χ1v) is 7.83. The Morgan fingerprint density at radius 1 is 1.17 bits per heavy atom. The van der Waals surface area contributed by atoms with Gasteiger partial charge in [-0.15, -0.1) is 0 Å². The zero-order valence-electron chi connectivity index (χ0n) is 13.7. The molecular weight excluding hydrogens is 304 g/mol. The summed E-state index contributed by atoms with van der Waals surface area (Å²) < 4.78 is 10.4. The SMILES string of the molecule is COc1ccc(C=NNC(=O)C2CC2c2ccccc2)c(OC)c1. The fourth-order valence-electron chi connectivity index (χ4n) is 2.73. The Hall–Kier alpha value is -2.82. The second kappa shape index (κ2) is 7.17. The van der Waals surface area contributed by atoms with Gasteiger partial charge in [-0.3, -0.25) is 4.79 Å². The van der Waals surface area contributed by atoms with E-state index in [2.05, 4.69) is 22.7 Å². The second-order valence-electron chi connectivity index (χ2n) is 5.70. The highest BCUT2D eigenvalue weighted by atomic mass is 16.5. The third-order valence-electron chi connectivity index (χ3n) is 4.17. The number of amides is 1. The number of methoxy groups -OCH3 is 2. The van der Waals surface area contributed by atoms with Crippen molar-refractivity contribution >= 4 is 12.1 Å². The molecule has 0 saturated heterocycles. The van der Waals surface area contributed by atoms with Gasteiger partial charge >= 0.3 is 0 Å². The zero-order chi connectivity index (χ0) is 16.9. The highest BCUT2D eigenvalue weighted by Crippen LogP contribution is 2.47. The Labute approximate surface area is 141 Å². The number of carbonyl (C=O) groups excluding carboxylic acids is 1. The summed E-state index contributed by atoms with van der Waals surface area (Å²) in [6.45, 7) is 0. The van der Waals surface area contributed by atoms with Gasteiger partial charge in [0.25, 0.3) is 0 Å². The molecule has 0 aromatic heterocycles. The van der Waals surface area contributed by atoms with Gasteiger partial charge < -0.3 is 9.47 Å². The quantitative estimate of drug-likeness (QED) is 0.656. The molecule has 24 heavy (non-hydrogen) atoms. The van der Waals surface area contributed by atoms with Gasteiger partial charge in [-0.05, 0) is 30.0 Å². The van der Waals surface area contributed by atoms with Crippen LogP contribution in [0.5, 0.6) is 11.5 Å². The van der Waals surface area contributed by atoms with E-state index in [0.717, 1.165) is 12.0 Å². The van der Waals surface area contributed by atoms with E-state index in [9.17, 15) is 4.79 Å². The van der Waals surface area contributed by atoms with E-state index >= 15 is 0 Å². The summed E-state index contributed by atoms with van der Waals surface area (Å²) in [5, 5.41) is 4.05. The van der Waals surface area contributed by atoms with Crippen LogP contribution in [-0.2, 0) is 4.79 Å². The van der Waals surface area contributed by atoms with Crippen molar-refractivity contribution in [2.75, 3.05) is 14.2 Å². The maximum absolute atomic E-state index is 12.2. The normalized spacial score (nSPS) is 19.1. The van der Waals surface area contributed by atoms with Gasteiger partial charge in [0.15, 0.2) is 0 Å². The average molecular weight is 324 g/mol. The molecule has 5 heteroatoms. The minimum atomic E-state index is -0.0485. The van der Waals surface area contributed by atoms with Crippen LogP contribution in [0.1, 0.15) is 23.5 Å². The number of benzene rings is 2. The molecule has 0 spiro atoms. The first kappa shape index (κ1) is 16.1. The molecule has 1 aliphatic carbocycles. The molecular formula is C19H20N2O3. The molecule has 1 amide bonds. The number of ether oxygens (including phenoxy) is 2. The Kier molecular flexibility index (Phi) is 4.79. The fourth-order valence-corrected chi connectivity index (χ4v) is 2.73. The van der Waals surface area contributed by atoms with Crippen molar-refractivity contribution in [3.05, 3.63) is 59.7 Å². The van der Waals surface area contributed by atoms with Crippen molar-refractivity contribution in [3.63, 3.8) is 0 Å². The molecule has 1 aliphatic rings. The largest absolute Gasteiger partial charge is 0.497 e. The van der Waals surface area contributed by atoms with Crippen LogP contribution in [0.15, 0.2) is 53.6 Å². The van der Waals surface area contributed by atoms with Crippen LogP contribution in [0, 0.1) is 5.92 Å². The lowest BCUT2D eigenvalue weighted by Crippen LogP contribution is -2.20. The van der Waals surface area contributed by atoms with Crippen LogP contribution in [0.2, 0.25) is 0 Å². The molecule has 1 saturated carbocycles. The van der Waals surface area contributed by atoms with Crippen molar-refractivity contribution in [2.24, 2.45) is 11.0 Å². The molecule has 0 radical (unpaired) electrons. The second-order valence-corrected chi connectivity index (χ2v) is 5.70. The summed E-state index contributed by atoms with van der Waals surface area (Å²) in [5.41, 5.74) is 4.60. The molecule has 2 aromatic carbocycles. The molecule has 0 heterocycles. The average Bonchev–Trinajstić information content (AvgIpc) is 3.43. The smallest absolute Gasteiger partial charge is 0.243 e. The molecule has 1 N–H and O–H groups in total. The van der Waals surface area contributed by atoms with E-state index in [1.165, 1.54) is 5.56 Å². The summed E-state index contributed by atoms with van der Waals surface area (Å²) in [7, 11) is 3.18. The number of hydrogen-bond donors (Lipinski definition) is 1. The van der Waals surface area contributed by atoms with Crippen LogP contribution in [0.3, 0.4) is 0 Å². The number of hydrazone groups is 1. The van der Waals surface area contributed by atoms with Gasteiger partial charge in [-0.2, -0.15) is 5.10 Å². The number of hydrogen-bond acceptors (Lipinski definition) is 4. The molecule has 2 aromatic rings. The summed E-state index contributed by atoms with van der Waals surface area (Å²) >= 11 is 0. The molecule has 0 bridgehead atoms. The Morgan fingerprint density at radius 3 is 2.67 bits per heavy atom. The van der Waals surface area contributed by atoms with Crippen LogP contribution in [-0.4, -0.2) is 26.3 Å². The number of carbonyl (C=O) groups is 1. The zero-order valence-corrected chi connectivity index (χ0v) is 13.7. The van der Waals surface area contributed by atoms with Gasteiger partial charge in [-0.1, -0.05) is 30.3 Å². The molecule has 0 aliphatic heterocycles. The molecule has 124 valence electrons. The van der Waals surface area contributed by atoms with E-state index in [-0.39, 0.29) is 11.8 Å². The fraction of sp³-hybridized carbons (Fsp3) is 0.263. The maximum Gasteiger partial charge on any atom is 0.243 e. The van der Waals surface area contributed by atoms with E-state index in [1.54, 1.807) is 26.5 Å². The van der Waals surface area contributed by atoms with Gasteiger partial charge in [0.1, 0.15) is 11.5 Å². The van der Waals surface area contributed by atoms with Crippen LogP contribution in [0.25, 0.3) is 0 Å². The molecule has 1 fully saturated rings. The van der Waals surface area contributed by atoms with Crippen LogP contribution in [0.4, 0.5) is 0 Å². The van der Waals surface area contributed by atoms with Crippen molar-refractivity contribution in [3.8, 4) is 11.5 Å². The van der Waals surface area contributed by atoms with E-state index in [4.69, 9.17) is 9.47 Å². The molecule has 5 nitrogen and oxygen atoms in total. The standard InChI is InChI=1S/C19H20N2O3/c1-23-15-9-8-14(18(10-15)24-2)12-20-21-19(22)17-11-16(17)13-6-4-3-5-7-13/h3-10,12,16-17H,11H2,1-2H3,(H,21,22). The predicted molar refractivity (Wildman–Crippen MR) is 92.6 cm³/mol. The molecule has 2 atom stereocenters. The van der Waals surface area contributed by atoms with Crippen molar-refractivity contribution in [1.82, 2.24) is 5.43 Å². The number of nitrogens with zero attached hydrogens (tertiary/aromatic N) is 1. The highest BCUT2D eigenvalue weighted by molar-refractivity contribution is 5.87. The Balaban J connectivity index is 1.58. The monoisotopic (exact) mass is 324 g/mol.